The van der Waals surface area contributed by atoms with Crippen molar-refractivity contribution in [3.63, 3.8) is 0 Å². The fourth-order valence-corrected chi connectivity index (χ4v) is 8.44. The third-order valence-electron chi connectivity index (χ3n) is 4.48. The predicted octanol–water partition coefficient (Wildman–Crippen LogP) is 1.26. The summed E-state index contributed by atoms with van der Waals surface area (Å²) < 4.78 is 89.5. The van der Waals surface area contributed by atoms with Crippen molar-refractivity contribution >= 4 is 29.7 Å². The average molecular weight is 448 g/mol. The molecule has 0 amide bonds. The standard InChI is InChI=1S/C17H18FNO6S3/c18-17-7-2-1-4-13(17)11-19-28(24,25)15-6-3-5-14(10-15)27(22,23)16-8-9-26(20,21)12-16/h1-7,10,16,19H,8-9,11-12H2/t16-/m1/s1. The summed E-state index contributed by atoms with van der Waals surface area (Å²) in [5.74, 6) is -1.25. The van der Waals surface area contributed by atoms with Gasteiger partial charge in [0.1, 0.15) is 5.82 Å². The normalized spacial score (nSPS) is 19.5. The Hall–Kier alpha value is -1.82. The minimum atomic E-state index is -4.10. The van der Waals surface area contributed by atoms with Gasteiger partial charge in [0.2, 0.25) is 10.0 Å². The van der Waals surface area contributed by atoms with E-state index in [9.17, 15) is 29.6 Å². The molecular formula is C17H18FNO6S3. The van der Waals surface area contributed by atoms with Gasteiger partial charge in [-0.05, 0) is 30.7 Å². The van der Waals surface area contributed by atoms with Crippen LogP contribution in [0.15, 0.2) is 58.3 Å². The van der Waals surface area contributed by atoms with Crippen molar-refractivity contribution < 1.29 is 29.6 Å². The Morgan fingerprint density at radius 1 is 1.00 bits per heavy atom. The molecule has 0 aliphatic carbocycles. The second kappa shape index (κ2) is 7.54. The van der Waals surface area contributed by atoms with Crippen LogP contribution in [0.2, 0.25) is 0 Å². The van der Waals surface area contributed by atoms with Gasteiger partial charge in [-0.15, -0.1) is 0 Å². The van der Waals surface area contributed by atoms with Gasteiger partial charge in [0.05, 0.1) is 26.5 Å². The van der Waals surface area contributed by atoms with Crippen LogP contribution < -0.4 is 4.72 Å². The van der Waals surface area contributed by atoms with E-state index in [4.69, 9.17) is 0 Å². The van der Waals surface area contributed by atoms with Gasteiger partial charge in [0.15, 0.2) is 19.7 Å². The summed E-state index contributed by atoms with van der Waals surface area (Å²) in [7, 11) is -11.5. The summed E-state index contributed by atoms with van der Waals surface area (Å²) in [6.45, 7) is -0.299. The first-order valence-electron chi connectivity index (χ1n) is 8.29. The first-order chi connectivity index (χ1) is 13.0. The average Bonchev–Trinajstić information content (AvgIpc) is 3.02. The minimum Gasteiger partial charge on any atom is -0.229 e. The van der Waals surface area contributed by atoms with Crippen LogP contribution >= 0.6 is 0 Å². The van der Waals surface area contributed by atoms with Crippen LogP contribution in [0, 0.1) is 5.82 Å². The Labute approximate surface area is 163 Å². The SMILES string of the molecule is O=S1(=O)CC[C@@H](S(=O)(=O)c2cccc(S(=O)(=O)NCc3ccccc3F)c2)C1. The van der Waals surface area contributed by atoms with Crippen molar-refractivity contribution in [2.45, 2.75) is 28.0 Å². The third kappa shape index (κ3) is 4.43. The van der Waals surface area contributed by atoms with E-state index in [0.717, 1.165) is 6.07 Å². The van der Waals surface area contributed by atoms with Crippen LogP contribution in [0.5, 0.6) is 0 Å². The molecule has 11 heteroatoms. The van der Waals surface area contributed by atoms with Crippen molar-refractivity contribution in [3.8, 4) is 0 Å². The van der Waals surface area contributed by atoms with Gasteiger partial charge in [-0.1, -0.05) is 24.3 Å². The molecule has 1 N–H and O–H groups in total. The van der Waals surface area contributed by atoms with Crippen LogP contribution in [0.1, 0.15) is 12.0 Å². The number of halogens is 1. The molecule has 0 radical (unpaired) electrons. The number of benzene rings is 2. The molecule has 3 rings (SSSR count). The fourth-order valence-electron chi connectivity index (χ4n) is 2.91. The molecule has 7 nitrogen and oxygen atoms in total. The Bertz CT molecular complexity index is 1210. The van der Waals surface area contributed by atoms with Crippen LogP contribution in [-0.2, 0) is 36.2 Å². The maximum absolute atomic E-state index is 13.7. The van der Waals surface area contributed by atoms with Crippen molar-refractivity contribution in [3.05, 3.63) is 59.9 Å². The van der Waals surface area contributed by atoms with Crippen LogP contribution in [-0.4, -0.2) is 42.0 Å². The van der Waals surface area contributed by atoms with E-state index < -0.39 is 46.5 Å². The smallest absolute Gasteiger partial charge is 0.229 e. The fraction of sp³-hybridized carbons (Fsp3) is 0.294. The van der Waals surface area contributed by atoms with E-state index in [1.54, 1.807) is 6.07 Å². The maximum atomic E-state index is 13.7. The molecule has 0 aromatic heterocycles. The highest BCUT2D eigenvalue weighted by Crippen LogP contribution is 2.26. The first-order valence-corrected chi connectivity index (χ1v) is 13.1. The largest absolute Gasteiger partial charge is 0.240 e. The summed E-state index contributed by atoms with van der Waals surface area (Å²) in [6.07, 6.45) is -0.0207. The lowest BCUT2D eigenvalue weighted by Gasteiger charge is -2.12. The van der Waals surface area contributed by atoms with E-state index in [1.165, 1.54) is 36.4 Å². The summed E-state index contributed by atoms with van der Waals surface area (Å²) in [4.78, 5) is -0.561. The Morgan fingerprint density at radius 2 is 1.68 bits per heavy atom. The van der Waals surface area contributed by atoms with Crippen LogP contribution in [0.4, 0.5) is 4.39 Å². The number of hydrogen-bond donors (Lipinski definition) is 1. The predicted molar refractivity (Wildman–Crippen MR) is 101 cm³/mol. The maximum Gasteiger partial charge on any atom is 0.240 e. The second-order valence-electron chi connectivity index (χ2n) is 6.46. The van der Waals surface area contributed by atoms with Crippen LogP contribution in [0.25, 0.3) is 0 Å². The molecule has 1 fully saturated rings. The molecule has 28 heavy (non-hydrogen) atoms. The van der Waals surface area contributed by atoms with Crippen molar-refractivity contribution in [1.82, 2.24) is 4.72 Å². The van der Waals surface area contributed by atoms with Gasteiger partial charge in [0, 0.05) is 12.1 Å². The van der Waals surface area contributed by atoms with Crippen molar-refractivity contribution in [1.29, 1.82) is 0 Å². The summed E-state index contributed by atoms with van der Waals surface area (Å²) >= 11 is 0. The summed E-state index contributed by atoms with van der Waals surface area (Å²) in [5.41, 5.74) is 0.144. The molecular weight excluding hydrogens is 429 g/mol. The number of hydrogen-bond acceptors (Lipinski definition) is 6. The van der Waals surface area contributed by atoms with E-state index in [1.807, 2.05) is 0 Å². The zero-order chi connectivity index (χ0) is 20.6. The van der Waals surface area contributed by atoms with Crippen LogP contribution in [0.3, 0.4) is 0 Å². The number of sulfonamides is 1. The molecule has 0 bridgehead atoms. The van der Waals surface area contributed by atoms with E-state index in [2.05, 4.69) is 4.72 Å². The second-order valence-corrected chi connectivity index (χ2v) is 12.7. The zero-order valence-corrected chi connectivity index (χ0v) is 17.0. The van der Waals surface area contributed by atoms with Gasteiger partial charge < -0.3 is 0 Å². The van der Waals surface area contributed by atoms with E-state index >= 15 is 0 Å². The number of rotatable bonds is 6. The Kier molecular flexibility index (Phi) is 5.63. The molecule has 1 atom stereocenters. The van der Waals surface area contributed by atoms with Gasteiger partial charge in [-0.3, -0.25) is 0 Å². The first kappa shape index (κ1) is 20.9. The zero-order valence-electron chi connectivity index (χ0n) is 14.6. The van der Waals surface area contributed by atoms with Crippen molar-refractivity contribution in [2.75, 3.05) is 11.5 Å². The monoisotopic (exact) mass is 447 g/mol. The molecule has 1 aliphatic rings. The molecule has 0 spiro atoms. The molecule has 1 aliphatic heterocycles. The van der Waals surface area contributed by atoms with Crippen molar-refractivity contribution in [2.24, 2.45) is 0 Å². The number of sulfone groups is 2. The minimum absolute atomic E-state index is 0.0207. The van der Waals surface area contributed by atoms with E-state index in [0.29, 0.717) is 0 Å². The summed E-state index contributed by atoms with van der Waals surface area (Å²) in [6, 6.07) is 10.4. The Balaban J connectivity index is 1.85. The van der Waals surface area contributed by atoms with Gasteiger partial charge >= 0.3 is 0 Å². The van der Waals surface area contributed by atoms with Gasteiger partial charge in [-0.25, -0.2) is 34.4 Å². The molecule has 152 valence electrons. The Morgan fingerprint density at radius 3 is 2.32 bits per heavy atom. The molecule has 0 unspecified atom stereocenters. The number of nitrogens with one attached hydrogen (secondary N) is 1. The molecule has 2 aromatic rings. The lowest BCUT2D eigenvalue weighted by molar-refractivity contribution is 0.573. The summed E-state index contributed by atoms with van der Waals surface area (Å²) in [5, 5.41) is -1.10. The molecule has 1 heterocycles. The molecule has 0 saturated carbocycles. The third-order valence-corrected chi connectivity index (χ3v) is 10.1. The van der Waals surface area contributed by atoms with Gasteiger partial charge in [-0.2, -0.15) is 0 Å². The highest BCUT2D eigenvalue weighted by molar-refractivity contribution is 7.96. The highest BCUT2D eigenvalue weighted by atomic mass is 32.2. The quantitative estimate of drug-likeness (QED) is 0.713. The topological polar surface area (TPSA) is 114 Å². The molecule has 1 saturated heterocycles. The molecule has 2 aromatic carbocycles. The highest BCUT2D eigenvalue weighted by Gasteiger charge is 2.38. The van der Waals surface area contributed by atoms with E-state index in [-0.39, 0.29) is 34.1 Å². The lowest BCUT2D eigenvalue weighted by atomic mass is 10.2. The lowest BCUT2D eigenvalue weighted by Crippen LogP contribution is -2.25. The van der Waals surface area contributed by atoms with Gasteiger partial charge in [0.25, 0.3) is 0 Å².